The summed E-state index contributed by atoms with van der Waals surface area (Å²) < 4.78 is 302. The highest BCUT2D eigenvalue weighted by atomic mass is 19.2. The summed E-state index contributed by atoms with van der Waals surface area (Å²) in [6.07, 6.45) is -5.30. The van der Waals surface area contributed by atoms with Gasteiger partial charge in [0, 0.05) is 11.6 Å². The Labute approximate surface area is 396 Å². The van der Waals surface area contributed by atoms with Gasteiger partial charge in [-0.2, -0.15) is 4.57 Å². The molecule has 0 aliphatic rings. The van der Waals surface area contributed by atoms with Gasteiger partial charge in [-0.25, -0.2) is 87.8 Å². The highest BCUT2D eigenvalue weighted by molar-refractivity contribution is 7.20. The number of hydrogen-bond donors (Lipinski definition) is 0. The normalized spacial score (nSPS) is 11.5. The number of aromatic nitrogens is 1. The molecule has 3 nitrogen and oxygen atoms in total. The van der Waals surface area contributed by atoms with Gasteiger partial charge >= 0.3 is 5.88 Å². The summed E-state index contributed by atoms with van der Waals surface area (Å²) in [5.41, 5.74) is -11.4. The Bertz CT molecular complexity index is 3190. The number of carbonyl (C=O) groups excluding carboxylic acids is 1. The van der Waals surface area contributed by atoms with Crippen molar-refractivity contribution < 1.29 is 102 Å². The molecule has 8 aromatic rings. The van der Waals surface area contributed by atoms with Crippen LogP contribution in [-0.4, -0.2) is 11.9 Å². The first-order chi connectivity index (χ1) is 34.3. The van der Waals surface area contributed by atoms with Crippen molar-refractivity contribution in [3.8, 4) is 11.6 Å². The zero-order chi connectivity index (χ0) is 53.9. The van der Waals surface area contributed by atoms with E-state index in [9.17, 15) is 57.5 Å². The molecule has 0 unspecified atom stereocenters. The van der Waals surface area contributed by atoms with Gasteiger partial charge in [-0.05, 0) is 42.5 Å². The van der Waals surface area contributed by atoms with Crippen molar-refractivity contribution in [1.82, 2.24) is 0 Å². The maximum atomic E-state index is 15.4. The molecule has 0 N–H and O–H groups in total. The maximum absolute atomic E-state index is 15.4. The molecule has 7 aromatic carbocycles. The van der Waals surface area contributed by atoms with Gasteiger partial charge in [0.2, 0.25) is 12.3 Å². The van der Waals surface area contributed by atoms with Gasteiger partial charge in [0.25, 0.3) is 0 Å². The lowest BCUT2D eigenvalue weighted by Gasteiger charge is -2.44. The van der Waals surface area contributed by atoms with Gasteiger partial charge in [0.05, 0.1) is 5.39 Å². The number of ketones is 1. The summed E-state index contributed by atoms with van der Waals surface area (Å²) >= 11 is 0. The molecule has 0 amide bonds. The van der Waals surface area contributed by atoms with Gasteiger partial charge in [0.15, 0.2) is 76.0 Å². The summed E-state index contributed by atoms with van der Waals surface area (Å²) in [4.78, 5) is 12.8. The van der Waals surface area contributed by atoms with Crippen LogP contribution in [0.25, 0.3) is 10.8 Å². The van der Waals surface area contributed by atoms with E-state index in [2.05, 4.69) is 26.0 Å². The third kappa shape index (κ3) is 8.54. The standard InChI is InChI=1S/C25H22NO2.C24BF20/c1-18-9-8-14-24(19(18)2)28-25-22-13-7-6-10-20(22)15-16-26(25)17-23(27)21-11-4-3-5-12-21;26-5-1(6(27)14(35)21(42)13(5)34)25(2-7(28)15(36)22(43)16(37)8(2)29,3-9(30)17(38)23(44)18(39)10(3)31)4-11(32)19(40)24(45)20(41)12(4)33/h3-16H,17H2,1-2H3;/q+1;-1. The molecule has 1 heterocycles. The quantitative estimate of drug-likeness (QED) is 0.0360. The Balaban J connectivity index is 0.000000237. The van der Waals surface area contributed by atoms with E-state index in [-0.39, 0.29) is 12.3 Å². The van der Waals surface area contributed by atoms with E-state index < -0.39 is 144 Å². The van der Waals surface area contributed by atoms with Gasteiger partial charge in [-0.3, -0.25) is 4.79 Å². The second kappa shape index (κ2) is 19.9. The molecule has 8 rings (SSSR count). The number of ether oxygens (including phenoxy) is 1. The van der Waals surface area contributed by atoms with Gasteiger partial charge in [-0.15, -0.1) is 21.9 Å². The predicted octanol–water partition coefficient (Wildman–Crippen LogP) is 11.3. The van der Waals surface area contributed by atoms with Crippen LogP contribution in [0.5, 0.6) is 11.6 Å². The summed E-state index contributed by atoms with van der Waals surface area (Å²) in [7, 11) is 0. The molecule has 0 spiro atoms. The van der Waals surface area contributed by atoms with Crippen molar-refractivity contribution in [2.45, 2.75) is 20.4 Å². The molecule has 0 aliphatic carbocycles. The van der Waals surface area contributed by atoms with Gasteiger partial charge in [-0.1, -0.05) is 60.7 Å². The highest BCUT2D eigenvalue weighted by Crippen LogP contribution is 2.33. The van der Waals surface area contributed by atoms with Crippen molar-refractivity contribution in [3.63, 3.8) is 0 Å². The van der Waals surface area contributed by atoms with Crippen molar-refractivity contribution in [3.05, 3.63) is 218 Å². The molecule has 0 atom stereocenters. The maximum Gasteiger partial charge on any atom is 0.381 e. The third-order valence-corrected chi connectivity index (χ3v) is 11.8. The molecule has 0 radical (unpaired) electrons. The lowest BCUT2D eigenvalue weighted by atomic mass is 9.12. The largest absolute Gasteiger partial charge is 0.404 e. The molecule has 24 heteroatoms. The lowest BCUT2D eigenvalue weighted by Crippen LogP contribution is -2.81. The fourth-order valence-electron chi connectivity index (χ4n) is 8.15. The van der Waals surface area contributed by atoms with E-state index in [1.165, 1.54) is 5.56 Å². The van der Waals surface area contributed by atoms with Crippen LogP contribution in [0.1, 0.15) is 21.5 Å². The van der Waals surface area contributed by atoms with E-state index in [0.29, 0.717) is 11.4 Å². The van der Waals surface area contributed by atoms with Crippen LogP contribution in [0.2, 0.25) is 0 Å². The molecular formula is C49H22BF20NO2. The Morgan fingerprint density at radius 3 is 1.14 bits per heavy atom. The number of aryl methyl sites for hydroxylation is 1. The molecule has 0 saturated carbocycles. The predicted molar refractivity (Wildman–Crippen MR) is 220 cm³/mol. The first-order valence-corrected chi connectivity index (χ1v) is 20.3. The van der Waals surface area contributed by atoms with Crippen LogP contribution < -0.4 is 31.2 Å². The topological polar surface area (TPSA) is 30.2 Å². The number of fused-ring (bicyclic) bond motifs is 1. The number of pyridine rings is 1. The van der Waals surface area contributed by atoms with Gasteiger partial charge < -0.3 is 4.74 Å². The average Bonchev–Trinajstić information content (AvgIpc) is 3.38. The fourth-order valence-corrected chi connectivity index (χ4v) is 8.15. The van der Waals surface area contributed by atoms with Crippen LogP contribution >= 0.6 is 0 Å². The van der Waals surface area contributed by atoms with E-state index in [1.807, 2.05) is 77.5 Å². The Kier molecular flexibility index (Phi) is 14.5. The van der Waals surface area contributed by atoms with Crippen LogP contribution in [0.4, 0.5) is 87.8 Å². The second-order valence-corrected chi connectivity index (χ2v) is 15.7. The SMILES string of the molecule is Cc1cccc(Oc2c3ccccc3cc[n+]2CC(=O)c2ccccc2)c1C.Fc1c(F)c(F)c([B-](c2c(F)c(F)c(F)c(F)c2F)(c2c(F)c(F)c(F)c(F)c2F)c2c(F)c(F)c(F)c(F)c2F)c(F)c1F. The summed E-state index contributed by atoms with van der Waals surface area (Å²) in [6, 6.07) is 25.5. The Morgan fingerprint density at radius 1 is 0.411 bits per heavy atom. The summed E-state index contributed by atoms with van der Waals surface area (Å²) in [5, 5.41) is 2.05. The molecule has 0 aliphatic heterocycles. The molecular weight excluding hydrogens is 1030 g/mol. The number of nitrogens with zero attached hydrogens (tertiary/aromatic N) is 1. The molecule has 1 aromatic heterocycles. The van der Waals surface area contributed by atoms with Crippen LogP contribution in [0, 0.1) is 130 Å². The smallest absolute Gasteiger partial charge is 0.381 e. The second-order valence-electron chi connectivity index (χ2n) is 15.7. The fraction of sp³-hybridized carbons (Fsp3) is 0.0612. The van der Waals surface area contributed by atoms with E-state index in [0.717, 1.165) is 22.1 Å². The number of halogens is 20. The average molecular weight is 1050 g/mol. The van der Waals surface area contributed by atoms with Crippen molar-refractivity contribution >= 4 is 44.6 Å². The molecule has 0 saturated heterocycles. The van der Waals surface area contributed by atoms with E-state index in [1.54, 1.807) is 0 Å². The number of rotatable bonds is 9. The monoisotopic (exact) mass is 1050 g/mol. The van der Waals surface area contributed by atoms with E-state index >= 15 is 35.1 Å². The zero-order valence-corrected chi connectivity index (χ0v) is 36.2. The number of Topliss-reactive ketones (excluding diaryl/α,β-unsaturated/α-hetero) is 1. The lowest BCUT2D eigenvalue weighted by molar-refractivity contribution is -0.685. The minimum Gasteiger partial charge on any atom is -0.404 e. The minimum atomic E-state index is -7.22. The Hall–Kier alpha value is -7.92. The number of hydrogen-bond acceptors (Lipinski definition) is 2. The highest BCUT2D eigenvalue weighted by Gasteiger charge is 2.52. The van der Waals surface area contributed by atoms with Crippen LogP contribution in [0.3, 0.4) is 0 Å². The van der Waals surface area contributed by atoms with Gasteiger partial charge in [0.1, 0.15) is 58.4 Å². The molecule has 0 fully saturated rings. The number of carbonyl (C=O) groups is 1. The molecule has 73 heavy (non-hydrogen) atoms. The first kappa shape index (κ1) is 52.9. The summed E-state index contributed by atoms with van der Waals surface area (Å²) in [5.74, 6) is -69.9. The molecule has 378 valence electrons. The number of benzene rings is 7. The minimum absolute atomic E-state index is 0.0479. The van der Waals surface area contributed by atoms with Crippen LogP contribution in [0.15, 0.2) is 85.1 Å². The van der Waals surface area contributed by atoms with Crippen molar-refractivity contribution in [2.24, 2.45) is 0 Å². The summed E-state index contributed by atoms with van der Waals surface area (Å²) in [6.45, 7) is 4.34. The van der Waals surface area contributed by atoms with Crippen molar-refractivity contribution in [1.29, 1.82) is 0 Å². The molecule has 0 bridgehead atoms. The third-order valence-electron chi connectivity index (χ3n) is 11.8. The zero-order valence-electron chi connectivity index (χ0n) is 36.2. The Morgan fingerprint density at radius 2 is 0.753 bits per heavy atom. The van der Waals surface area contributed by atoms with Crippen LogP contribution in [-0.2, 0) is 6.54 Å². The first-order valence-electron chi connectivity index (χ1n) is 20.3. The van der Waals surface area contributed by atoms with E-state index in [4.69, 9.17) is 4.74 Å². The van der Waals surface area contributed by atoms with Crippen molar-refractivity contribution in [2.75, 3.05) is 0 Å².